The summed E-state index contributed by atoms with van der Waals surface area (Å²) in [6, 6.07) is 18.7. The molecule has 0 saturated carbocycles. The molecule has 0 bridgehead atoms. The minimum atomic E-state index is -1.02. The van der Waals surface area contributed by atoms with E-state index in [1.165, 1.54) is 51.4 Å². The average molecular weight is 581 g/mol. The van der Waals surface area contributed by atoms with Crippen molar-refractivity contribution >= 4 is 11.4 Å². The summed E-state index contributed by atoms with van der Waals surface area (Å²) in [5.74, 6) is 0. The van der Waals surface area contributed by atoms with Crippen LogP contribution in [0.3, 0.4) is 0 Å². The first-order valence-electron chi connectivity index (χ1n) is 16.4. The van der Waals surface area contributed by atoms with Crippen LogP contribution in [-0.2, 0) is 0 Å². The van der Waals surface area contributed by atoms with Crippen molar-refractivity contribution in [3.05, 3.63) is 71.8 Å². The highest BCUT2D eigenvalue weighted by atomic mass is 16.3. The Labute approximate surface area is 254 Å². The van der Waals surface area contributed by atoms with Crippen LogP contribution >= 0.6 is 0 Å². The van der Waals surface area contributed by atoms with Crippen molar-refractivity contribution in [2.45, 2.75) is 141 Å². The lowest BCUT2D eigenvalue weighted by Crippen LogP contribution is -2.28. The van der Waals surface area contributed by atoms with Gasteiger partial charge in [-0.25, -0.2) is 0 Å². The number of hydrogen-bond acceptors (Lipinski definition) is 6. The number of rotatable bonds is 23. The molecule has 42 heavy (non-hydrogen) atoms. The molecule has 0 saturated heterocycles. The molecule has 0 fully saturated rings. The molecule has 0 radical (unpaired) electrons. The van der Waals surface area contributed by atoms with Crippen molar-refractivity contribution in [2.24, 2.45) is 10.2 Å². The van der Waals surface area contributed by atoms with E-state index in [4.69, 9.17) is 0 Å². The third-order valence-electron chi connectivity index (χ3n) is 7.81. The van der Waals surface area contributed by atoms with E-state index < -0.39 is 24.4 Å². The molecule has 0 aliphatic rings. The van der Waals surface area contributed by atoms with E-state index in [1.807, 2.05) is 60.7 Å². The maximum absolute atomic E-state index is 11.2. The lowest BCUT2D eigenvalue weighted by Gasteiger charge is -2.19. The maximum Gasteiger partial charge on any atom is 0.101 e. The van der Waals surface area contributed by atoms with Crippen LogP contribution in [0.4, 0.5) is 0 Å². The third-order valence-corrected chi connectivity index (χ3v) is 7.81. The van der Waals surface area contributed by atoms with Crippen LogP contribution < -0.4 is 0 Å². The molecule has 6 nitrogen and oxygen atoms in total. The summed E-state index contributed by atoms with van der Waals surface area (Å²) in [5, 5.41) is 52.7. The highest BCUT2D eigenvalue weighted by Crippen LogP contribution is 2.18. The summed E-state index contributed by atoms with van der Waals surface area (Å²) < 4.78 is 0. The van der Waals surface area contributed by atoms with E-state index in [2.05, 4.69) is 24.1 Å². The number of unbranched alkanes of at least 4 members (excludes halogenated alkanes) is 10. The summed E-state index contributed by atoms with van der Waals surface area (Å²) in [6.07, 6.45) is 12.0. The van der Waals surface area contributed by atoms with Crippen molar-refractivity contribution in [1.29, 1.82) is 0 Å². The van der Waals surface area contributed by atoms with Gasteiger partial charge in [0.25, 0.3) is 0 Å². The van der Waals surface area contributed by atoms with Crippen LogP contribution in [0, 0.1) is 0 Å². The summed E-state index contributed by atoms with van der Waals surface area (Å²) in [4.78, 5) is 0. The molecule has 0 heterocycles. The molecule has 2 aromatic carbocycles. The number of nitrogens with zero attached hydrogens (tertiary/aromatic N) is 2. The maximum atomic E-state index is 11.2. The Bertz CT molecular complexity index is 914. The molecular weight excluding hydrogens is 524 g/mol. The van der Waals surface area contributed by atoms with Crippen molar-refractivity contribution in [2.75, 3.05) is 0 Å². The third kappa shape index (κ3) is 14.7. The molecular formula is C36H56N2O4. The van der Waals surface area contributed by atoms with Crippen LogP contribution in [-0.4, -0.2) is 56.3 Å². The molecule has 0 aliphatic heterocycles. The molecule has 6 heteroatoms. The number of aliphatic hydroxyl groups excluding tert-OH is 4. The molecule has 2 rings (SSSR count). The second kappa shape index (κ2) is 22.2. The van der Waals surface area contributed by atoms with Gasteiger partial charge in [-0.3, -0.25) is 0 Å². The van der Waals surface area contributed by atoms with Gasteiger partial charge in [0.15, 0.2) is 0 Å². The molecule has 2 aromatic rings. The first-order valence-corrected chi connectivity index (χ1v) is 16.4. The van der Waals surface area contributed by atoms with E-state index in [0.29, 0.717) is 35.4 Å². The van der Waals surface area contributed by atoms with E-state index in [9.17, 15) is 20.4 Å². The average Bonchev–Trinajstić information content (AvgIpc) is 2.99. The first kappa shape index (κ1) is 35.8. The Balaban J connectivity index is 2.15. The Morgan fingerprint density at radius 3 is 1.19 bits per heavy atom. The minimum Gasteiger partial charge on any atom is -0.393 e. The predicted octanol–water partition coefficient (Wildman–Crippen LogP) is 7.61. The Morgan fingerprint density at radius 2 is 0.833 bits per heavy atom. The largest absolute Gasteiger partial charge is 0.393 e. The zero-order valence-corrected chi connectivity index (χ0v) is 26.1. The monoisotopic (exact) mass is 580 g/mol. The Morgan fingerprint density at radius 1 is 0.500 bits per heavy atom. The zero-order chi connectivity index (χ0) is 30.4. The molecule has 0 amide bonds. The van der Waals surface area contributed by atoms with Crippen LogP contribution in [0.2, 0.25) is 0 Å². The van der Waals surface area contributed by atoms with Crippen LogP contribution in [0.15, 0.2) is 70.9 Å². The van der Waals surface area contributed by atoms with Gasteiger partial charge in [-0.05, 0) is 12.8 Å². The lowest BCUT2D eigenvalue weighted by molar-refractivity contribution is 0.102. The molecule has 0 aromatic heterocycles. The Hall–Kier alpha value is -2.38. The van der Waals surface area contributed by atoms with Crippen molar-refractivity contribution in [3.63, 3.8) is 0 Å². The van der Waals surface area contributed by atoms with E-state index in [0.717, 1.165) is 25.7 Å². The molecule has 4 atom stereocenters. The second-order valence-corrected chi connectivity index (χ2v) is 11.6. The summed E-state index contributed by atoms with van der Waals surface area (Å²) in [6.45, 7) is 4.40. The zero-order valence-electron chi connectivity index (χ0n) is 26.1. The highest BCUT2D eigenvalue weighted by molar-refractivity contribution is 6.06. The van der Waals surface area contributed by atoms with E-state index >= 15 is 0 Å². The van der Waals surface area contributed by atoms with E-state index in [-0.39, 0.29) is 12.8 Å². The first-order chi connectivity index (χ1) is 20.5. The van der Waals surface area contributed by atoms with Gasteiger partial charge in [0.05, 0.1) is 23.6 Å². The summed E-state index contributed by atoms with van der Waals surface area (Å²) >= 11 is 0. The minimum absolute atomic E-state index is 0.165. The van der Waals surface area contributed by atoms with Crippen LogP contribution in [0.25, 0.3) is 0 Å². The molecule has 4 N–H and O–H groups in total. The number of hydrogen-bond donors (Lipinski definition) is 4. The number of benzene rings is 2. The quantitative estimate of drug-likeness (QED) is 0.0617. The standard InChI is InChI=1S/C36H56N2O4/c1-3-5-7-9-11-19-25-31(39)27-33(41)35(29-21-15-13-16-22-29)37-38-36(30-23-17-14-18-24-30)34(42)28-32(40)26-20-12-10-8-6-4-2/h13-18,21-24,31-34,39-42H,3-12,19-20,25-28H2,1-2H3. The molecule has 4 unspecified atom stereocenters. The second-order valence-electron chi connectivity index (χ2n) is 11.6. The van der Waals surface area contributed by atoms with Gasteiger partial charge in [0.1, 0.15) is 12.2 Å². The van der Waals surface area contributed by atoms with Crippen LogP contribution in [0.1, 0.15) is 128 Å². The fourth-order valence-electron chi connectivity index (χ4n) is 5.25. The molecule has 0 spiro atoms. The van der Waals surface area contributed by atoms with Crippen molar-refractivity contribution in [1.82, 2.24) is 0 Å². The van der Waals surface area contributed by atoms with Crippen molar-refractivity contribution in [3.8, 4) is 0 Å². The fourth-order valence-corrected chi connectivity index (χ4v) is 5.25. The topological polar surface area (TPSA) is 106 Å². The van der Waals surface area contributed by atoms with Gasteiger partial charge in [-0.15, -0.1) is 0 Å². The lowest BCUT2D eigenvalue weighted by atomic mass is 9.97. The normalized spacial score (nSPS) is 15.4. The van der Waals surface area contributed by atoms with Crippen LogP contribution in [0.5, 0.6) is 0 Å². The van der Waals surface area contributed by atoms with Crippen molar-refractivity contribution < 1.29 is 20.4 Å². The summed E-state index contributed by atoms with van der Waals surface area (Å²) in [7, 11) is 0. The fraction of sp³-hybridized carbons (Fsp3) is 0.611. The van der Waals surface area contributed by atoms with Gasteiger partial charge in [0, 0.05) is 24.0 Å². The Kier molecular flexibility index (Phi) is 18.9. The van der Waals surface area contributed by atoms with Gasteiger partial charge in [0.2, 0.25) is 0 Å². The van der Waals surface area contributed by atoms with Gasteiger partial charge in [-0.2, -0.15) is 10.2 Å². The highest BCUT2D eigenvalue weighted by Gasteiger charge is 2.22. The molecule has 234 valence electrons. The molecule has 0 aliphatic carbocycles. The SMILES string of the molecule is CCCCCCCCC(O)CC(O)C(=NN=C(c1ccccc1)C(O)CC(O)CCCCCCCC)c1ccccc1. The number of aliphatic hydroxyl groups is 4. The predicted molar refractivity (Wildman–Crippen MR) is 175 cm³/mol. The van der Waals surface area contributed by atoms with E-state index in [1.54, 1.807) is 0 Å². The van der Waals surface area contributed by atoms with Gasteiger partial charge < -0.3 is 20.4 Å². The smallest absolute Gasteiger partial charge is 0.101 e. The van der Waals surface area contributed by atoms with Gasteiger partial charge >= 0.3 is 0 Å². The van der Waals surface area contributed by atoms with Gasteiger partial charge in [-0.1, -0.05) is 152 Å². The summed E-state index contributed by atoms with van der Waals surface area (Å²) in [5.41, 5.74) is 2.13.